The summed E-state index contributed by atoms with van der Waals surface area (Å²) < 4.78 is 27.8. The largest absolute Gasteiger partial charge is 0.259 e. The molecule has 8 heteroatoms. The first-order chi connectivity index (χ1) is 7.69. The van der Waals surface area contributed by atoms with Gasteiger partial charge < -0.3 is 0 Å². The Morgan fingerprint density at radius 2 is 2.18 bits per heavy atom. The second-order valence-corrected chi connectivity index (χ2v) is 7.19. The highest BCUT2D eigenvalue weighted by Gasteiger charge is 2.25. The van der Waals surface area contributed by atoms with Gasteiger partial charge in [0.15, 0.2) is 5.03 Å². The molecule has 0 aliphatic rings. The normalized spacial score (nSPS) is 13.0. The predicted molar refractivity (Wildman–Crippen MR) is 71.0 cm³/mol. The van der Waals surface area contributed by atoms with Gasteiger partial charge in [0.1, 0.15) is 0 Å². The second kappa shape index (κ2) is 5.26. The Kier molecular flexibility index (Phi) is 4.62. The van der Waals surface area contributed by atoms with Crippen LogP contribution in [0.2, 0.25) is 5.02 Å². The van der Waals surface area contributed by atoms with E-state index < -0.39 is 10.0 Å². The molecule has 1 heterocycles. The maximum atomic E-state index is 12.0. The molecule has 1 rings (SSSR count). The number of rotatable bonds is 5. The fraction of sp³-hybridized carbons (Fsp3) is 0.667. The minimum absolute atomic E-state index is 0.00969. The van der Waals surface area contributed by atoms with Gasteiger partial charge in [-0.25, -0.2) is 13.1 Å². The molecule has 1 N–H and O–H groups in total. The Hall–Kier alpha value is -0.110. The highest BCUT2D eigenvalue weighted by molar-refractivity contribution is 9.09. The minimum atomic E-state index is -3.62. The average Bonchev–Trinajstić information content (AvgIpc) is 2.57. The van der Waals surface area contributed by atoms with Crippen LogP contribution in [-0.4, -0.2) is 30.1 Å². The molecule has 0 radical (unpaired) electrons. The molecule has 0 saturated carbocycles. The van der Waals surface area contributed by atoms with Gasteiger partial charge in [-0.1, -0.05) is 41.4 Å². The van der Waals surface area contributed by atoms with Crippen molar-refractivity contribution in [3.8, 4) is 0 Å². The summed E-state index contributed by atoms with van der Waals surface area (Å²) in [6.45, 7) is 4.23. The third-order valence-corrected chi connectivity index (χ3v) is 5.62. The molecular weight excluding hydrogens is 330 g/mol. The summed E-state index contributed by atoms with van der Waals surface area (Å²) >= 11 is 9.14. The summed E-state index contributed by atoms with van der Waals surface area (Å²) in [7, 11) is -2.09. The molecule has 0 saturated heterocycles. The molecule has 0 atom stereocenters. The average molecular weight is 345 g/mol. The molecule has 1 aromatic rings. The number of alkyl halides is 1. The Balaban J connectivity index is 2.91. The Morgan fingerprint density at radius 1 is 1.59 bits per heavy atom. The van der Waals surface area contributed by atoms with Gasteiger partial charge in [-0.05, 0) is 5.41 Å². The number of sulfonamides is 1. The van der Waals surface area contributed by atoms with Crippen LogP contribution in [0.3, 0.4) is 0 Å². The summed E-state index contributed by atoms with van der Waals surface area (Å²) in [6, 6.07) is 0. The van der Waals surface area contributed by atoms with Gasteiger partial charge in [0.05, 0.1) is 11.2 Å². The number of halogens is 2. The van der Waals surface area contributed by atoms with Crippen LogP contribution in [-0.2, 0) is 17.1 Å². The van der Waals surface area contributed by atoms with Crippen molar-refractivity contribution in [2.45, 2.75) is 18.9 Å². The summed E-state index contributed by atoms with van der Waals surface area (Å²) in [5.74, 6) is 0. The molecule has 0 amide bonds. The van der Waals surface area contributed by atoms with E-state index in [-0.39, 0.29) is 15.5 Å². The molecular formula is C9H15BrClN3O2S. The highest BCUT2D eigenvalue weighted by Crippen LogP contribution is 2.21. The fourth-order valence-corrected chi connectivity index (χ4v) is 3.20. The molecule has 0 spiro atoms. The van der Waals surface area contributed by atoms with Gasteiger partial charge in [0.2, 0.25) is 0 Å². The van der Waals surface area contributed by atoms with Crippen LogP contribution < -0.4 is 4.72 Å². The van der Waals surface area contributed by atoms with E-state index in [2.05, 4.69) is 25.8 Å². The summed E-state index contributed by atoms with van der Waals surface area (Å²) in [5.41, 5.74) is -0.169. The monoisotopic (exact) mass is 343 g/mol. The van der Waals surface area contributed by atoms with Gasteiger partial charge in [-0.15, -0.1) is 0 Å². The highest BCUT2D eigenvalue weighted by atomic mass is 79.9. The van der Waals surface area contributed by atoms with E-state index in [1.165, 1.54) is 17.9 Å². The van der Waals surface area contributed by atoms with E-state index in [0.717, 1.165) is 0 Å². The van der Waals surface area contributed by atoms with Crippen LogP contribution in [0.5, 0.6) is 0 Å². The molecule has 0 unspecified atom stereocenters. The fourth-order valence-electron chi connectivity index (χ4n) is 1.11. The zero-order valence-corrected chi connectivity index (χ0v) is 13.0. The van der Waals surface area contributed by atoms with Crippen LogP contribution in [0.1, 0.15) is 13.8 Å². The van der Waals surface area contributed by atoms with Gasteiger partial charge in [0.25, 0.3) is 10.0 Å². The number of hydrogen-bond acceptors (Lipinski definition) is 3. The molecule has 0 aliphatic heterocycles. The zero-order valence-electron chi connectivity index (χ0n) is 9.87. The van der Waals surface area contributed by atoms with Crippen molar-refractivity contribution < 1.29 is 8.42 Å². The lowest BCUT2D eigenvalue weighted by Gasteiger charge is -2.21. The summed E-state index contributed by atoms with van der Waals surface area (Å²) in [5, 5.41) is 4.61. The van der Waals surface area contributed by atoms with Crippen LogP contribution in [0.25, 0.3) is 0 Å². The molecule has 0 aliphatic carbocycles. The van der Waals surface area contributed by atoms with Crippen LogP contribution in [0.4, 0.5) is 0 Å². The number of aromatic nitrogens is 2. The first-order valence-corrected chi connectivity index (χ1v) is 7.91. The van der Waals surface area contributed by atoms with Gasteiger partial charge in [-0.3, -0.25) is 4.68 Å². The first kappa shape index (κ1) is 14.9. The molecule has 0 fully saturated rings. The van der Waals surface area contributed by atoms with E-state index in [4.69, 9.17) is 11.6 Å². The van der Waals surface area contributed by atoms with Gasteiger partial charge in [0, 0.05) is 18.9 Å². The van der Waals surface area contributed by atoms with E-state index in [0.29, 0.717) is 11.9 Å². The second-order valence-electron chi connectivity index (χ2n) is 4.54. The summed E-state index contributed by atoms with van der Waals surface area (Å²) in [4.78, 5) is 0. The smallest absolute Gasteiger partial charge is 0.255 e. The van der Waals surface area contributed by atoms with Crippen molar-refractivity contribution in [2.24, 2.45) is 12.5 Å². The molecule has 98 valence electrons. The van der Waals surface area contributed by atoms with Crippen LogP contribution in [0.15, 0.2) is 11.2 Å². The number of nitrogens with one attached hydrogen (secondary N) is 1. The Bertz CT molecular complexity index is 479. The number of nitrogens with zero attached hydrogens (tertiary/aromatic N) is 2. The number of aryl methyl sites for hydroxylation is 1. The number of hydrogen-bond donors (Lipinski definition) is 1. The van der Waals surface area contributed by atoms with Crippen molar-refractivity contribution in [2.75, 3.05) is 11.9 Å². The SMILES string of the molecule is Cn1ncc(Cl)c1S(=O)(=O)NCC(C)(C)CBr. The van der Waals surface area contributed by atoms with Crippen LogP contribution >= 0.6 is 27.5 Å². The van der Waals surface area contributed by atoms with Crippen LogP contribution in [0, 0.1) is 5.41 Å². The van der Waals surface area contributed by atoms with Gasteiger partial charge in [-0.2, -0.15) is 5.10 Å². The lowest BCUT2D eigenvalue weighted by Crippen LogP contribution is -2.35. The molecule has 17 heavy (non-hydrogen) atoms. The topological polar surface area (TPSA) is 64.0 Å². The molecule has 1 aromatic heterocycles. The maximum Gasteiger partial charge on any atom is 0.259 e. The zero-order chi connectivity index (χ0) is 13.3. The Morgan fingerprint density at radius 3 is 2.59 bits per heavy atom. The van der Waals surface area contributed by atoms with Gasteiger partial charge >= 0.3 is 0 Å². The van der Waals surface area contributed by atoms with Crippen molar-refractivity contribution in [3.63, 3.8) is 0 Å². The van der Waals surface area contributed by atoms with E-state index in [1.54, 1.807) is 0 Å². The van der Waals surface area contributed by atoms with E-state index >= 15 is 0 Å². The molecule has 5 nitrogen and oxygen atoms in total. The lowest BCUT2D eigenvalue weighted by molar-refractivity contribution is 0.419. The quantitative estimate of drug-likeness (QED) is 0.828. The standard InChI is InChI=1S/C9H15BrClN3O2S/c1-9(2,5-10)6-13-17(15,16)8-7(11)4-12-14(8)3/h4,13H,5-6H2,1-3H3. The summed E-state index contributed by atoms with van der Waals surface area (Å²) in [6.07, 6.45) is 1.31. The van der Waals surface area contributed by atoms with E-state index in [1.807, 2.05) is 13.8 Å². The van der Waals surface area contributed by atoms with Crippen molar-refractivity contribution in [1.29, 1.82) is 0 Å². The molecule has 0 bridgehead atoms. The lowest BCUT2D eigenvalue weighted by atomic mass is 9.98. The first-order valence-electron chi connectivity index (χ1n) is 4.93. The Labute approximate surface area is 115 Å². The maximum absolute atomic E-state index is 12.0. The van der Waals surface area contributed by atoms with E-state index in [9.17, 15) is 8.42 Å². The predicted octanol–water partition coefficient (Wildman–Crippen LogP) is 1.77. The third kappa shape index (κ3) is 3.67. The van der Waals surface area contributed by atoms with Crippen molar-refractivity contribution in [1.82, 2.24) is 14.5 Å². The third-order valence-electron chi connectivity index (χ3n) is 2.20. The minimum Gasteiger partial charge on any atom is -0.255 e. The molecule has 0 aromatic carbocycles. The van der Waals surface area contributed by atoms with Crippen molar-refractivity contribution >= 4 is 37.6 Å². The van der Waals surface area contributed by atoms with Crippen molar-refractivity contribution in [3.05, 3.63) is 11.2 Å².